The Kier molecular flexibility index (Phi) is 4.78. The minimum atomic E-state index is -0.680. The van der Waals surface area contributed by atoms with Crippen molar-refractivity contribution in [2.24, 2.45) is 0 Å². The van der Waals surface area contributed by atoms with Gasteiger partial charge in [-0.2, -0.15) is 0 Å². The number of thiophene rings is 1. The molecule has 1 aromatic rings. The van der Waals surface area contributed by atoms with Crippen LogP contribution in [0.3, 0.4) is 0 Å². The summed E-state index contributed by atoms with van der Waals surface area (Å²) in [6, 6.07) is 2.81. The van der Waals surface area contributed by atoms with Gasteiger partial charge >= 0.3 is 5.97 Å². The van der Waals surface area contributed by atoms with Gasteiger partial charge in [-0.15, -0.1) is 11.3 Å². The maximum atomic E-state index is 10.5. The van der Waals surface area contributed by atoms with E-state index < -0.39 is 5.97 Å². The predicted octanol–water partition coefficient (Wildman–Crippen LogP) is 3.31. The Morgan fingerprint density at radius 2 is 2.39 bits per heavy atom. The molecule has 4 heteroatoms. The van der Waals surface area contributed by atoms with Crippen LogP contribution >= 0.6 is 11.3 Å². The molecule has 0 spiro atoms. The maximum absolute atomic E-state index is 10.5. The second-order valence-corrected chi connectivity index (χ2v) is 5.86. The van der Waals surface area contributed by atoms with Crippen molar-refractivity contribution < 1.29 is 9.90 Å². The minimum absolute atomic E-state index is 0.300. The molecular formula is C14H21NO2S. The number of carboxylic acid groups (broad SMARTS) is 1. The fourth-order valence-corrected chi connectivity index (χ4v) is 3.71. The van der Waals surface area contributed by atoms with E-state index in [1.165, 1.54) is 5.56 Å². The van der Waals surface area contributed by atoms with E-state index in [9.17, 15) is 4.79 Å². The fraction of sp³-hybridized carbons (Fsp3) is 0.643. The van der Waals surface area contributed by atoms with Gasteiger partial charge in [-0.25, -0.2) is 0 Å². The Morgan fingerprint density at radius 3 is 3.11 bits per heavy atom. The Balaban J connectivity index is 1.88. The van der Waals surface area contributed by atoms with Gasteiger partial charge in [0.15, 0.2) is 0 Å². The number of rotatable bonds is 6. The SMILES string of the molecule is CCC1c2ccsc2CCN1CCCCC(=O)O. The van der Waals surface area contributed by atoms with Crippen LogP contribution in [0.15, 0.2) is 11.4 Å². The van der Waals surface area contributed by atoms with Crippen molar-refractivity contribution in [2.45, 2.75) is 45.1 Å². The average Bonchev–Trinajstić information content (AvgIpc) is 2.82. The van der Waals surface area contributed by atoms with Gasteiger partial charge < -0.3 is 5.11 Å². The van der Waals surface area contributed by atoms with Crippen LogP contribution in [-0.4, -0.2) is 29.1 Å². The summed E-state index contributed by atoms with van der Waals surface area (Å²) in [5, 5.41) is 10.8. The van der Waals surface area contributed by atoms with Crippen molar-refractivity contribution in [3.8, 4) is 0 Å². The minimum Gasteiger partial charge on any atom is -0.481 e. The van der Waals surface area contributed by atoms with Crippen molar-refractivity contribution in [1.29, 1.82) is 0 Å². The Labute approximate surface area is 112 Å². The molecule has 0 fully saturated rings. The third-order valence-corrected chi connectivity index (χ3v) is 4.67. The van der Waals surface area contributed by atoms with E-state index in [4.69, 9.17) is 5.11 Å². The van der Waals surface area contributed by atoms with E-state index in [-0.39, 0.29) is 0 Å². The van der Waals surface area contributed by atoms with Crippen LogP contribution in [0.5, 0.6) is 0 Å². The summed E-state index contributed by atoms with van der Waals surface area (Å²) < 4.78 is 0. The summed E-state index contributed by atoms with van der Waals surface area (Å²) in [6.45, 7) is 4.39. The zero-order valence-electron chi connectivity index (χ0n) is 10.9. The third kappa shape index (κ3) is 3.12. The molecule has 1 atom stereocenters. The summed E-state index contributed by atoms with van der Waals surface area (Å²) in [4.78, 5) is 14.6. The van der Waals surface area contributed by atoms with Crippen molar-refractivity contribution in [2.75, 3.05) is 13.1 Å². The zero-order valence-corrected chi connectivity index (χ0v) is 11.7. The summed E-state index contributed by atoms with van der Waals surface area (Å²) >= 11 is 1.87. The number of nitrogens with zero attached hydrogens (tertiary/aromatic N) is 1. The van der Waals surface area contributed by atoms with E-state index in [1.807, 2.05) is 11.3 Å². The van der Waals surface area contributed by atoms with E-state index in [2.05, 4.69) is 23.3 Å². The lowest BCUT2D eigenvalue weighted by Gasteiger charge is -2.35. The van der Waals surface area contributed by atoms with Gasteiger partial charge in [0, 0.05) is 23.9 Å². The van der Waals surface area contributed by atoms with Gasteiger partial charge in [0.25, 0.3) is 0 Å². The van der Waals surface area contributed by atoms with Crippen molar-refractivity contribution in [1.82, 2.24) is 4.90 Å². The predicted molar refractivity (Wildman–Crippen MR) is 74.1 cm³/mol. The molecule has 0 radical (unpaired) electrons. The summed E-state index contributed by atoms with van der Waals surface area (Å²) in [5.41, 5.74) is 1.51. The molecule has 0 amide bonds. The molecule has 1 N–H and O–H groups in total. The highest BCUT2D eigenvalue weighted by Gasteiger charge is 2.26. The molecule has 1 aromatic heterocycles. The van der Waals surface area contributed by atoms with Crippen LogP contribution in [-0.2, 0) is 11.2 Å². The molecule has 18 heavy (non-hydrogen) atoms. The topological polar surface area (TPSA) is 40.5 Å². The molecule has 0 aromatic carbocycles. The van der Waals surface area contributed by atoms with Crippen LogP contribution < -0.4 is 0 Å². The van der Waals surface area contributed by atoms with Gasteiger partial charge in [0.05, 0.1) is 0 Å². The Morgan fingerprint density at radius 1 is 1.56 bits per heavy atom. The van der Waals surface area contributed by atoms with Crippen LogP contribution in [0.2, 0.25) is 0 Å². The lowest BCUT2D eigenvalue weighted by molar-refractivity contribution is -0.137. The highest BCUT2D eigenvalue weighted by Crippen LogP contribution is 2.35. The number of carbonyl (C=O) groups is 1. The first kappa shape index (κ1) is 13.6. The maximum Gasteiger partial charge on any atom is 0.303 e. The van der Waals surface area contributed by atoms with Gasteiger partial charge in [0.1, 0.15) is 0 Å². The van der Waals surface area contributed by atoms with E-state index in [0.29, 0.717) is 12.5 Å². The van der Waals surface area contributed by atoms with E-state index in [1.54, 1.807) is 4.88 Å². The van der Waals surface area contributed by atoms with Gasteiger partial charge in [-0.1, -0.05) is 6.92 Å². The standard InChI is InChI=1S/C14H21NO2S/c1-2-12-11-7-10-18-13(11)6-9-15(12)8-4-3-5-14(16)17/h7,10,12H,2-6,8-9H2,1H3,(H,16,17). The molecule has 2 rings (SSSR count). The van der Waals surface area contributed by atoms with Gasteiger partial charge in [-0.05, 0) is 49.2 Å². The summed E-state index contributed by atoms with van der Waals surface area (Å²) in [5.74, 6) is -0.680. The number of hydrogen-bond acceptors (Lipinski definition) is 3. The summed E-state index contributed by atoms with van der Waals surface area (Å²) in [7, 11) is 0. The fourth-order valence-electron chi connectivity index (χ4n) is 2.79. The first-order valence-corrected chi connectivity index (χ1v) is 7.62. The molecule has 1 unspecified atom stereocenters. The average molecular weight is 267 g/mol. The summed E-state index contributed by atoms with van der Waals surface area (Å²) in [6.07, 6.45) is 4.38. The lowest BCUT2D eigenvalue weighted by Crippen LogP contribution is -2.35. The number of unbranched alkanes of at least 4 members (excludes halogenated alkanes) is 1. The molecule has 1 aliphatic rings. The molecule has 0 aliphatic carbocycles. The molecule has 3 nitrogen and oxygen atoms in total. The smallest absolute Gasteiger partial charge is 0.303 e. The molecular weight excluding hydrogens is 246 g/mol. The highest BCUT2D eigenvalue weighted by atomic mass is 32.1. The lowest BCUT2D eigenvalue weighted by atomic mass is 9.97. The first-order valence-electron chi connectivity index (χ1n) is 6.74. The van der Waals surface area contributed by atoms with E-state index >= 15 is 0 Å². The molecule has 0 bridgehead atoms. The van der Waals surface area contributed by atoms with E-state index in [0.717, 1.165) is 38.8 Å². The number of carboxylic acids is 1. The Bertz CT molecular complexity index is 402. The van der Waals surface area contributed by atoms with Gasteiger partial charge in [-0.3, -0.25) is 9.69 Å². The van der Waals surface area contributed by atoms with Crippen LogP contribution in [0.1, 0.15) is 49.1 Å². The zero-order chi connectivity index (χ0) is 13.0. The number of aliphatic carboxylic acids is 1. The molecule has 0 saturated heterocycles. The number of fused-ring (bicyclic) bond motifs is 1. The molecule has 2 heterocycles. The normalized spacial score (nSPS) is 19.7. The monoisotopic (exact) mass is 267 g/mol. The third-order valence-electron chi connectivity index (χ3n) is 3.68. The quantitative estimate of drug-likeness (QED) is 0.804. The second-order valence-electron chi connectivity index (χ2n) is 4.86. The molecule has 1 aliphatic heterocycles. The Hall–Kier alpha value is -0.870. The molecule has 100 valence electrons. The number of hydrogen-bond donors (Lipinski definition) is 1. The second kappa shape index (κ2) is 6.34. The van der Waals surface area contributed by atoms with Crippen LogP contribution in [0.25, 0.3) is 0 Å². The van der Waals surface area contributed by atoms with Gasteiger partial charge in [0.2, 0.25) is 0 Å². The van der Waals surface area contributed by atoms with Crippen LogP contribution in [0.4, 0.5) is 0 Å². The largest absolute Gasteiger partial charge is 0.481 e. The first-order chi connectivity index (χ1) is 8.72. The van der Waals surface area contributed by atoms with Crippen molar-refractivity contribution in [3.63, 3.8) is 0 Å². The van der Waals surface area contributed by atoms with Crippen molar-refractivity contribution in [3.05, 3.63) is 21.9 Å². The van der Waals surface area contributed by atoms with Crippen molar-refractivity contribution >= 4 is 17.3 Å². The molecule has 0 saturated carbocycles. The highest BCUT2D eigenvalue weighted by molar-refractivity contribution is 7.10. The van der Waals surface area contributed by atoms with Crippen LogP contribution in [0, 0.1) is 0 Å².